The number of carbonyl (C=O) groups is 1. The van der Waals surface area contributed by atoms with E-state index in [9.17, 15) is 9.59 Å². The van der Waals surface area contributed by atoms with Crippen molar-refractivity contribution in [1.82, 2.24) is 4.57 Å². The van der Waals surface area contributed by atoms with Gasteiger partial charge in [-0.25, -0.2) is 9.79 Å². The van der Waals surface area contributed by atoms with Crippen molar-refractivity contribution in [2.45, 2.75) is 13.0 Å². The number of fused-ring (bicyclic) bond motifs is 1. The van der Waals surface area contributed by atoms with Crippen LogP contribution in [0.4, 0.5) is 0 Å². The minimum absolute atomic E-state index is 0.173. The third kappa shape index (κ3) is 4.01. The molecule has 0 aliphatic carbocycles. The molecule has 5 rings (SSSR count). The summed E-state index contributed by atoms with van der Waals surface area (Å²) in [6.07, 6.45) is 1.87. The molecule has 0 N–H and O–H groups in total. The fourth-order valence-electron chi connectivity index (χ4n) is 3.90. The minimum Gasteiger partial charge on any atom is -0.463 e. The molecule has 0 saturated heterocycles. The molecule has 7 heteroatoms. The van der Waals surface area contributed by atoms with Crippen LogP contribution < -0.4 is 14.9 Å². The first-order valence-electron chi connectivity index (χ1n) is 10.5. The van der Waals surface area contributed by atoms with Crippen LogP contribution in [0.1, 0.15) is 29.7 Å². The number of hydrogen-bond acceptors (Lipinski definition) is 6. The molecule has 3 heterocycles. The van der Waals surface area contributed by atoms with Gasteiger partial charge in [-0.3, -0.25) is 9.36 Å². The zero-order valence-electron chi connectivity index (χ0n) is 17.8. The highest BCUT2D eigenvalue weighted by Gasteiger charge is 2.34. The summed E-state index contributed by atoms with van der Waals surface area (Å²) in [7, 11) is 0. The summed E-state index contributed by atoms with van der Waals surface area (Å²) in [5, 5.41) is 3.97. The maximum Gasteiger partial charge on any atom is 0.338 e. The van der Waals surface area contributed by atoms with E-state index in [1.54, 1.807) is 22.8 Å². The van der Waals surface area contributed by atoms with E-state index in [1.807, 2.05) is 83.6 Å². The fourth-order valence-corrected chi connectivity index (χ4v) is 5.52. The lowest BCUT2D eigenvalue weighted by Gasteiger charge is -2.25. The number of esters is 1. The third-order valence-electron chi connectivity index (χ3n) is 5.33. The number of rotatable bonds is 5. The number of nitrogens with zero attached hydrogens (tertiary/aromatic N) is 2. The molecule has 1 unspecified atom stereocenters. The van der Waals surface area contributed by atoms with E-state index in [2.05, 4.69) is 0 Å². The van der Waals surface area contributed by atoms with Crippen molar-refractivity contribution in [2.24, 2.45) is 4.99 Å². The molecule has 0 fully saturated rings. The van der Waals surface area contributed by atoms with Crippen LogP contribution in [0.5, 0.6) is 0 Å². The van der Waals surface area contributed by atoms with Gasteiger partial charge in [-0.05, 0) is 41.0 Å². The number of benzene rings is 2. The summed E-state index contributed by atoms with van der Waals surface area (Å²) in [5.41, 5.74) is 3.32. The molecule has 0 radical (unpaired) electrons. The van der Waals surface area contributed by atoms with Crippen LogP contribution in [0.2, 0.25) is 0 Å². The zero-order chi connectivity index (χ0) is 22.8. The van der Waals surface area contributed by atoms with E-state index in [0.717, 1.165) is 16.7 Å². The average molecular weight is 473 g/mol. The first-order valence-corrected chi connectivity index (χ1v) is 12.3. The smallest absolute Gasteiger partial charge is 0.338 e. The van der Waals surface area contributed by atoms with Gasteiger partial charge in [-0.2, -0.15) is 11.3 Å². The second kappa shape index (κ2) is 9.13. The number of ether oxygens (including phenoxy) is 1. The molecule has 0 saturated carbocycles. The maximum atomic E-state index is 13.6. The van der Waals surface area contributed by atoms with Gasteiger partial charge in [-0.1, -0.05) is 72.0 Å². The largest absolute Gasteiger partial charge is 0.463 e. The first kappa shape index (κ1) is 21.3. The van der Waals surface area contributed by atoms with Crippen LogP contribution in [-0.4, -0.2) is 17.1 Å². The summed E-state index contributed by atoms with van der Waals surface area (Å²) >= 11 is 2.91. The summed E-state index contributed by atoms with van der Waals surface area (Å²) in [4.78, 5) is 32.3. The van der Waals surface area contributed by atoms with Gasteiger partial charge < -0.3 is 4.74 Å². The highest BCUT2D eigenvalue weighted by atomic mass is 32.1. The third-order valence-corrected chi connectivity index (χ3v) is 7.01. The molecule has 1 aliphatic rings. The summed E-state index contributed by atoms with van der Waals surface area (Å²) in [5.74, 6) is -0.471. The molecule has 164 valence electrons. The quantitative estimate of drug-likeness (QED) is 0.413. The molecule has 5 nitrogen and oxygen atoms in total. The highest BCUT2D eigenvalue weighted by molar-refractivity contribution is 7.08. The Hall–Kier alpha value is -3.55. The first-order chi connectivity index (χ1) is 16.2. The predicted molar refractivity (Wildman–Crippen MR) is 132 cm³/mol. The lowest BCUT2D eigenvalue weighted by atomic mass is 9.93. The summed E-state index contributed by atoms with van der Waals surface area (Å²) in [6, 6.07) is 20.5. The van der Waals surface area contributed by atoms with Crippen molar-refractivity contribution in [3.63, 3.8) is 0 Å². The Morgan fingerprint density at radius 3 is 2.48 bits per heavy atom. The molecule has 0 amide bonds. The fraction of sp³-hybridized carbons (Fsp3) is 0.115. The van der Waals surface area contributed by atoms with E-state index < -0.39 is 12.0 Å². The topological polar surface area (TPSA) is 60.7 Å². The van der Waals surface area contributed by atoms with Crippen LogP contribution in [0.25, 0.3) is 11.8 Å². The van der Waals surface area contributed by atoms with E-state index in [0.29, 0.717) is 20.6 Å². The van der Waals surface area contributed by atoms with Gasteiger partial charge in [0.1, 0.15) is 0 Å². The van der Waals surface area contributed by atoms with E-state index in [-0.39, 0.29) is 12.2 Å². The molecule has 0 bridgehead atoms. The van der Waals surface area contributed by atoms with Crippen LogP contribution >= 0.6 is 22.7 Å². The molecule has 1 atom stereocenters. The Balaban J connectivity index is 1.85. The minimum atomic E-state index is -0.638. The van der Waals surface area contributed by atoms with Crippen molar-refractivity contribution in [2.75, 3.05) is 6.61 Å². The van der Waals surface area contributed by atoms with Crippen LogP contribution in [0.15, 0.2) is 92.9 Å². The number of thiazole rings is 1. The molecule has 2 aromatic heterocycles. The summed E-state index contributed by atoms with van der Waals surface area (Å²) < 4.78 is 7.65. The standard InChI is InChI=1S/C26H20N2O3S2/c1-2-31-25(30)21-22(18-9-5-3-6-10-18)27-26-28(23(21)19-11-7-4-8-12-19)24(29)20(33-26)15-17-13-14-32-16-17/h3-16,23H,2H2,1H3/b20-15-. The van der Waals surface area contributed by atoms with Gasteiger partial charge in [0.2, 0.25) is 0 Å². The Morgan fingerprint density at radius 1 is 1.09 bits per heavy atom. The van der Waals surface area contributed by atoms with Crippen molar-refractivity contribution in [3.8, 4) is 0 Å². The van der Waals surface area contributed by atoms with Gasteiger partial charge in [0.25, 0.3) is 5.56 Å². The molecule has 4 aromatic rings. The molecule has 1 aliphatic heterocycles. The number of carbonyl (C=O) groups excluding carboxylic acids is 1. The Labute approximate surface area is 198 Å². The summed E-state index contributed by atoms with van der Waals surface area (Å²) in [6.45, 7) is 2.00. The van der Waals surface area contributed by atoms with Gasteiger partial charge >= 0.3 is 5.97 Å². The molecular formula is C26H20N2O3S2. The van der Waals surface area contributed by atoms with E-state index in [1.165, 1.54) is 11.3 Å². The Morgan fingerprint density at radius 2 is 1.82 bits per heavy atom. The number of hydrogen-bond donors (Lipinski definition) is 0. The van der Waals surface area contributed by atoms with Gasteiger partial charge in [0.15, 0.2) is 4.80 Å². The van der Waals surface area contributed by atoms with E-state index in [4.69, 9.17) is 9.73 Å². The normalized spacial score (nSPS) is 15.8. The lowest BCUT2D eigenvalue weighted by molar-refractivity contribution is -0.138. The number of aromatic nitrogens is 1. The predicted octanol–water partition coefficient (Wildman–Crippen LogP) is 4.00. The average Bonchev–Trinajstić information content (AvgIpc) is 3.47. The lowest BCUT2D eigenvalue weighted by Crippen LogP contribution is -2.39. The van der Waals surface area contributed by atoms with E-state index >= 15 is 0 Å². The maximum absolute atomic E-state index is 13.6. The molecule has 0 spiro atoms. The van der Waals surface area contributed by atoms with Crippen LogP contribution in [0, 0.1) is 0 Å². The van der Waals surface area contributed by atoms with Gasteiger partial charge in [0.05, 0.1) is 28.5 Å². The molecule has 2 aromatic carbocycles. The van der Waals surface area contributed by atoms with Gasteiger partial charge in [-0.15, -0.1) is 0 Å². The van der Waals surface area contributed by atoms with Crippen LogP contribution in [-0.2, 0) is 9.53 Å². The highest BCUT2D eigenvalue weighted by Crippen LogP contribution is 2.34. The monoisotopic (exact) mass is 472 g/mol. The second-order valence-corrected chi connectivity index (χ2v) is 9.19. The van der Waals surface area contributed by atoms with Crippen LogP contribution in [0.3, 0.4) is 0 Å². The second-order valence-electron chi connectivity index (χ2n) is 7.40. The zero-order valence-corrected chi connectivity index (χ0v) is 19.4. The Kier molecular flexibility index (Phi) is 5.90. The van der Waals surface area contributed by atoms with Crippen molar-refractivity contribution >= 4 is 40.4 Å². The SMILES string of the molecule is CCOC(=O)C1=C(c2ccccc2)N=c2s/c(=C\c3ccsc3)c(=O)n2C1c1ccccc1. The van der Waals surface area contributed by atoms with Crippen molar-refractivity contribution < 1.29 is 9.53 Å². The molecular weight excluding hydrogens is 452 g/mol. The molecule has 33 heavy (non-hydrogen) atoms. The Bertz CT molecular complexity index is 1500. The van der Waals surface area contributed by atoms with Crippen molar-refractivity contribution in [1.29, 1.82) is 0 Å². The van der Waals surface area contributed by atoms with Gasteiger partial charge in [0, 0.05) is 5.56 Å². The number of thiophene rings is 1. The van der Waals surface area contributed by atoms with Crippen molar-refractivity contribution in [3.05, 3.63) is 119 Å².